The van der Waals surface area contributed by atoms with Crippen molar-refractivity contribution in [3.8, 4) is 0 Å². The molecular weight excluding hydrogens is 138 g/mol. The van der Waals surface area contributed by atoms with Crippen molar-refractivity contribution in [3.63, 3.8) is 0 Å². The second-order valence-electron chi connectivity index (χ2n) is 0. The average Bonchev–Trinajstić information content (AvgIpc) is 1.00. The van der Waals surface area contributed by atoms with Gasteiger partial charge in [-0.25, -0.2) is 0 Å². The molecule has 0 saturated carbocycles. The van der Waals surface area contributed by atoms with E-state index in [1.54, 1.807) is 0 Å². The van der Waals surface area contributed by atoms with Crippen molar-refractivity contribution in [1.82, 2.24) is 0 Å². The van der Waals surface area contributed by atoms with Crippen LogP contribution < -0.4 is 0 Å². The van der Waals surface area contributed by atoms with Crippen LogP contribution in [0.1, 0.15) is 0 Å². The van der Waals surface area contributed by atoms with Crippen molar-refractivity contribution in [1.29, 1.82) is 0 Å². The molecule has 0 aromatic heterocycles. The van der Waals surface area contributed by atoms with Gasteiger partial charge in [-0.3, -0.25) is 0 Å². The first-order valence-electron chi connectivity index (χ1n) is 0.316. The van der Waals surface area contributed by atoms with Crippen LogP contribution in [0.15, 0.2) is 0 Å². The number of hydrogen-bond acceptors (Lipinski definition) is 0. The van der Waals surface area contributed by atoms with E-state index in [0.717, 1.165) is 8.94 Å². The molecule has 0 nitrogen and oxygen atoms in total. The van der Waals surface area contributed by atoms with Crippen LogP contribution in [0.3, 0.4) is 0 Å². The van der Waals surface area contributed by atoms with Gasteiger partial charge in [0.15, 0.2) is 17.4 Å². The van der Waals surface area contributed by atoms with E-state index in [2.05, 4.69) is 14.8 Å². The summed E-state index contributed by atoms with van der Waals surface area (Å²) in [6.45, 7) is 0. The van der Waals surface area contributed by atoms with E-state index < -0.39 is 0 Å². The van der Waals surface area contributed by atoms with E-state index in [-0.39, 0.29) is 40.4 Å². The summed E-state index contributed by atoms with van der Waals surface area (Å²) in [6, 6.07) is 0. The van der Waals surface area contributed by atoms with Crippen LogP contribution in [0.25, 0.3) is 0 Å². The second-order valence-corrected chi connectivity index (χ2v) is 0. The van der Waals surface area contributed by atoms with Gasteiger partial charge in [-0.05, 0) is 0 Å². The number of rotatable bonds is 0. The Morgan fingerprint density at radius 3 is 1.25 bits per heavy atom. The van der Waals surface area contributed by atoms with Crippen LogP contribution in [-0.4, -0.2) is 49.4 Å². The van der Waals surface area contributed by atoms with E-state index in [0.29, 0.717) is 0 Å². The van der Waals surface area contributed by atoms with Crippen LogP contribution in [0, 0.1) is 0 Å². The number of hydrogen-bond donors (Lipinski definition) is 0. The monoisotopic (exact) mass is 145 g/mol. The standard InChI is InChI=1S/Al.Mg.Ni.H3Si.5H/h;;;1H3;;;;;. The molecule has 0 aliphatic carbocycles. The fourth-order valence-electron chi connectivity index (χ4n) is 0. The Bertz CT molecular complexity index is 8.00. The van der Waals surface area contributed by atoms with Crippen LogP contribution in [0.4, 0.5) is 0 Å². The van der Waals surface area contributed by atoms with Crippen molar-refractivity contribution in [2.24, 2.45) is 0 Å². The van der Waals surface area contributed by atoms with Crippen LogP contribution in [-0.2, 0) is 14.8 Å². The first-order valence-corrected chi connectivity index (χ1v) is 3.91. The van der Waals surface area contributed by atoms with Crippen LogP contribution in [0.2, 0.25) is 0 Å². The molecule has 0 aliphatic rings. The molecule has 0 aromatic rings. The predicted octanol–water partition coefficient (Wildman–Crippen LogP) is -3.29. The Kier molecular flexibility index (Phi) is 83.0. The van der Waals surface area contributed by atoms with Gasteiger partial charge in [0.2, 0.25) is 0 Å². The molecule has 0 heterocycles. The van der Waals surface area contributed by atoms with E-state index in [1.807, 2.05) is 0 Å². The summed E-state index contributed by atoms with van der Waals surface area (Å²) in [4.78, 5) is 0. The third-order valence-electron chi connectivity index (χ3n) is 0. The summed E-state index contributed by atoms with van der Waals surface area (Å²) in [5.41, 5.74) is 0. The Balaban J connectivity index is -0.00000000500. The van der Waals surface area contributed by atoms with Crippen molar-refractivity contribution >= 4 is 49.4 Å². The van der Waals surface area contributed by atoms with Gasteiger partial charge in [-0.15, -0.1) is 0 Å². The van der Waals surface area contributed by atoms with E-state index >= 15 is 0 Å². The van der Waals surface area contributed by atoms with E-state index in [4.69, 9.17) is 0 Å². The molecule has 0 fully saturated rings. The first-order chi connectivity index (χ1) is 1.00. The minimum atomic E-state index is 0. The minimum absolute atomic E-state index is 0. The van der Waals surface area contributed by atoms with E-state index in [1.165, 1.54) is 0 Å². The quantitative estimate of drug-likeness (QED) is 0.314. The molecule has 0 saturated heterocycles. The van der Waals surface area contributed by atoms with Crippen molar-refractivity contribution in [3.05, 3.63) is 0 Å². The first kappa shape index (κ1) is 16.7. The SMILES string of the molecule is [AlH3].[MgH2].[SiH3][Ni]. The average molecular weight is 146 g/mol. The molecule has 0 N–H and O–H groups in total. The molecule has 4 heteroatoms. The normalized spacial score (nSPS) is 2.50. The Morgan fingerprint density at radius 2 is 1.25 bits per heavy atom. The molecule has 0 bridgehead atoms. The van der Waals surface area contributed by atoms with Crippen molar-refractivity contribution in [2.45, 2.75) is 0 Å². The van der Waals surface area contributed by atoms with Gasteiger partial charge in [0.25, 0.3) is 0 Å². The van der Waals surface area contributed by atoms with Crippen molar-refractivity contribution < 1.29 is 14.8 Å². The molecule has 0 aromatic carbocycles. The summed E-state index contributed by atoms with van der Waals surface area (Å²) in [5.74, 6) is 0. The molecule has 0 aliphatic heterocycles. The van der Waals surface area contributed by atoms with Crippen molar-refractivity contribution in [2.75, 3.05) is 0 Å². The Hall–Kier alpha value is 2.01. The zero-order valence-corrected chi connectivity index (χ0v) is 4.30. The molecule has 0 atom stereocenters. The summed E-state index contributed by atoms with van der Waals surface area (Å²) < 4.78 is 0. The third-order valence-corrected chi connectivity index (χ3v) is 0. The zero-order valence-electron chi connectivity index (χ0n) is 1.32. The van der Waals surface area contributed by atoms with Gasteiger partial charge in [0.1, 0.15) is 0 Å². The summed E-state index contributed by atoms with van der Waals surface area (Å²) in [5, 5.41) is 0. The maximum atomic E-state index is 4.01. The van der Waals surface area contributed by atoms with Gasteiger partial charge in [0.05, 0.1) is 0 Å². The summed E-state index contributed by atoms with van der Waals surface area (Å²) in [7, 11) is 0.931. The van der Waals surface area contributed by atoms with Gasteiger partial charge < -0.3 is 0 Å². The molecule has 0 radical (unpaired) electrons. The predicted molar refractivity (Wildman–Crippen MR) is 28.4 cm³/mol. The fraction of sp³-hybridized carbons (Fsp3) is 0. The Labute approximate surface area is 63.7 Å². The van der Waals surface area contributed by atoms with Crippen LogP contribution in [0.5, 0.6) is 0 Å². The van der Waals surface area contributed by atoms with Crippen LogP contribution >= 0.6 is 0 Å². The van der Waals surface area contributed by atoms with Gasteiger partial charge >= 0.3 is 46.8 Å². The third kappa shape index (κ3) is 8.99. The molecule has 0 amide bonds. The molecule has 27 valence electrons. The second kappa shape index (κ2) is 19.9. The molecule has 0 spiro atoms. The summed E-state index contributed by atoms with van der Waals surface area (Å²) >= 11 is 4.01. The topological polar surface area (TPSA) is 0 Å². The molecule has 0 rings (SSSR count). The summed E-state index contributed by atoms with van der Waals surface area (Å²) in [6.07, 6.45) is 0. The zero-order chi connectivity index (χ0) is 2.00. The van der Waals surface area contributed by atoms with Gasteiger partial charge in [0, 0.05) is 0 Å². The van der Waals surface area contributed by atoms with E-state index in [9.17, 15) is 0 Å². The molecule has 4 heavy (non-hydrogen) atoms. The maximum absolute atomic E-state index is 4.01. The Morgan fingerprint density at radius 1 is 1.25 bits per heavy atom. The fourth-order valence-corrected chi connectivity index (χ4v) is 0. The molecule has 0 unspecified atom stereocenters. The van der Waals surface area contributed by atoms with Gasteiger partial charge in [-0.1, -0.05) is 0 Å². The van der Waals surface area contributed by atoms with Gasteiger partial charge in [-0.2, -0.15) is 0 Å². The molecular formula is H8AlMgNiSi.